The van der Waals surface area contributed by atoms with Crippen LogP contribution >= 0.6 is 0 Å². The van der Waals surface area contributed by atoms with E-state index in [1.54, 1.807) is 18.2 Å². The van der Waals surface area contributed by atoms with Crippen LogP contribution in [0.2, 0.25) is 0 Å². The summed E-state index contributed by atoms with van der Waals surface area (Å²) in [5, 5.41) is 13.3. The fourth-order valence-electron chi connectivity index (χ4n) is 1.47. The molecule has 2 rings (SSSR count). The van der Waals surface area contributed by atoms with Crippen LogP contribution in [0.25, 0.3) is 0 Å². The summed E-state index contributed by atoms with van der Waals surface area (Å²) in [6, 6.07) is 7.05. The summed E-state index contributed by atoms with van der Waals surface area (Å²) in [6.07, 6.45) is 0.539. The van der Waals surface area contributed by atoms with Crippen LogP contribution in [0.15, 0.2) is 28.8 Å². The van der Waals surface area contributed by atoms with E-state index < -0.39 is 0 Å². The molecule has 1 aromatic heterocycles. The number of phenols is 1. The Hall–Kier alpha value is -1.84. The number of aromatic nitrogens is 2. The van der Waals surface area contributed by atoms with Crippen molar-refractivity contribution in [1.29, 1.82) is 0 Å². The van der Waals surface area contributed by atoms with Crippen LogP contribution in [0, 0.1) is 0 Å². The minimum atomic E-state index is -0.111. The summed E-state index contributed by atoms with van der Waals surface area (Å²) in [7, 11) is 0. The molecule has 2 aromatic rings. The Bertz CT molecular complexity index is 512. The molecule has 17 heavy (non-hydrogen) atoms. The van der Waals surface area contributed by atoms with E-state index in [2.05, 4.69) is 10.1 Å². The monoisotopic (exact) mass is 232 g/mol. The average molecular weight is 232 g/mol. The van der Waals surface area contributed by atoms with Gasteiger partial charge in [-0.05, 0) is 17.7 Å². The zero-order chi connectivity index (χ0) is 12.5. The highest BCUT2D eigenvalue weighted by Gasteiger charge is 2.20. The standard InChI is InChI=1S/C13H16N2O2/c1-13(2,3)12-14-11(17-15-12)8-9-5-4-6-10(16)7-9/h4-7,16H,8H2,1-3H3. The first-order valence-electron chi connectivity index (χ1n) is 5.56. The Labute approximate surface area is 100 Å². The summed E-state index contributed by atoms with van der Waals surface area (Å²) in [5.74, 6) is 1.52. The molecule has 0 saturated heterocycles. The van der Waals surface area contributed by atoms with Crippen molar-refractivity contribution < 1.29 is 9.63 Å². The molecule has 1 N–H and O–H groups in total. The lowest BCUT2D eigenvalue weighted by Crippen LogP contribution is -2.13. The van der Waals surface area contributed by atoms with Gasteiger partial charge >= 0.3 is 0 Å². The predicted octanol–water partition coefficient (Wildman–Crippen LogP) is 2.66. The summed E-state index contributed by atoms with van der Waals surface area (Å²) in [6.45, 7) is 6.11. The lowest BCUT2D eigenvalue weighted by atomic mass is 9.96. The van der Waals surface area contributed by atoms with Crippen LogP contribution < -0.4 is 0 Å². The molecule has 90 valence electrons. The molecule has 0 radical (unpaired) electrons. The maximum atomic E-state index is 9.36. The van der Waals surface area contributed by atoms with E-state index in [0.29, 0.717) is 18.1 Å². The molecule has 0 saturated carbocycles. The van der Waals surface area contributed by atoms with E-state index in [1.165, 1.54) is 0 Å². The third-order valence-electron chi connectivity index (χ3n) is 2.40. The number of hydrogen-bond acceptors (Lipinski definition) is 4. The second kappa shape index (κ2) is 4.20. The van der Waals surface area contributed by atoms with Gasteiger partial charge in [-0.15, -0.1) is 0 Å². The van der Waals surface area contributed by atoms with Crippen molar-refractivity contribution in [2.75, 3.05) is 0 Å². The molecule has 0 fully saturated rings. The van der Waals surface area contributed by atoms with Crippen LogP contribution in [0.1, 0.15) is 38.0 Å². The van der Waals surface area contributed by atoms with Crippen molar-refractivity contribution in [2.45, 2.75) is 32.6 Å². The van der Waals surface area contributed by atoms with Crippen molar-refractivity contribution >= 4 is 0 Å². The van der Waals surface area contributed by atoms with Gasteiger partial charge in [-0.1, -0.05) is 38.1 Å². The minimum Gasteiger partial charge on any atom is -0.508 e. The third kappa shape index (κ3) is 2.84. The normalized spacial score (nSPS) is 11.7. The van der Waals surface area contributed by atoms with Crippen molar-refractivity contribution in [2.24, 2.45) is 0 Å². The van der Waals surface area contributed by atoms with Gasteiger partial charge in [-0.25, -0.2) is 0 Å². The van der Waals surface area contributed by atoms with Crippen LogP contribution in [0.5, 0.6) is 5.75 Å². The Kier molecular flexibility index (Phi) is 2.88. The largest absolute Gasteiger partial charge is 0.508 e. The van der Waals surface area contributed by atoms with Gasteiger partial charge in [-0.3, -0.25) is 0 Å². The lowest BCUT2D eigenvalue weighted by molar-refractivity contribution is 0.368. The number of benzene rings is 1. The quantitative estimate of drug-likeness (QED) is 0.864. The van der Waals surface area contributed by atoms with Crippen LogP contribution in [-0.2, 0) is 11.8 Å². The van der Waals surface area contributed by atoms with Gasteiger partial charge in [-0.2, -0.15) is 4.98 Å². The number of aromatic hydroxyl groups is 1. The minimum absolute atomic E-state index is 0.111. The number of nitrogens with zero attached hydrogens (tertiary/aromatic N) is 2. The molecule has 1 aromatic carbocycles. The van der Waals surface area contributed by atoms with Gasteiger partial charge in [0.25, 0.3) is 0 Å². The fraction of sp³-hybridized carbons (Fsp3) is 0.385. The molecular formula is C13H16N2O2. The van der Waals surface area contributed by atoms with E-state index in [9.17, 15) is 5.11 Å². The molecule has 0 bridgehead atoms. The highest BCUT2D eigenvalue weighted by atomic mass is 16.5. The molecule has 0 amide bonds. The summed E-state index contributed by atoms with van der Waals surface area (Å²) >= 11 is 0. The van der Waals surface area contributed by atoms with E-state index in [-0.39, 0.29) is 11.2 Å². The second-order valence-corrected chi connectivity index (χ2v) is 5.11. The highest BCUT2D eigenvalue weighted by molar-refractivity contribution is 5.28. The van der Waals surface area contributed by atoms with Gasteiger partial charge in [0.2, 0.25) is 5.89 Å². The number of rotatable bonds is 2. The molecule has 4 heteroatoms. The predicted molar refractivity (Wildman–Crippen MR) is 63.9 cm³/mol. The average Bonchev–Trinajstić information content (AvgIpc) is 2.65. The van der Waals surface area contributed by atoms with Crippen molar-refractivity contribution in [3.8, 4) is 5.75 Å². The summed E-state index contributed by atoms with van der Waals surface area (Å²) in [4.78, 5) is 4.35. The molecular weight excluding hydrogens is 216 g/mol. The van der Waals surface area contributed by atoms with Gasteiger partial charge < -0.3 is 9.63 Å². The maximum Gasteiger partial charge on any atom is 0.231 e. The third-order valence-corrected chi connectivity index (χ3v) is 2.40. The summed E-state index contributed by atoms with van der Waals surface area (Å²) in [5.41, 5.74) is 0.842. The van der Waals surface area contributed by atoms with Gasteiger partial charge in [0.05, 0.1) is 6.42 Å². The van der Waals surface area contributed by atoms with Crippen molar-refractivity contribution in [1.82, 2.24) is 10.1 Å². The fourth-order valence-corrected chi connectivity index (χ4v) is 1.47. The van der Waals surface area contributed by atoms with Gasteiger partial charge in [0.1, 0.15) is 5.75 Å². The Morgan fingerprint density at radius 2 is 2.06 bits per heavy atom. The molecule has 0 aliphatic heterocycles. The van der Waals surface area contributed by atoms with E-state index >= 15 is 0 Å². The topological polar surface area (TPSA) is 59.2 Å². The first-order valence-corrected chi connectivity index (χ1v) is 5.56. The van der Waals surface area contributed by atoms with Crippen LogP contribution in [0.4, 0.5) is 0 Å². The molecule has 0 atom stereocenters. The second-order valence-electron chi connectivity index (χ2n) is 5.11. The molecule has 1 heterocycles. The first-order chi connectivity index (χ1) is 7.95. The van der Waals surface area contributed by atoms with Crippen molar-refractivity contribution in [3.63, 3.8) is 0 Å². The Balaban J connectivity index is 2.17. The highest BCUT2D eigenvalue weighted by Crippen LogP contribution is 2.20. The number of phenolic OH excluding ortho intramolecular Hbond substituents is 1. The van der Waals surface area contributed by atoms with E-state index in [0.717, 1.165) is 5.56 Å². The summed E-state index contributed by atoms with van der Waals surface area (Å²) < 4.78 is 5.19. The van der Waals surface area contributed by atoms with Crippen molar-refractivity contribution in [3.05, 3.63) is 41.5 Å². The van der Waals surface area contributed by atoms with E-state index in [1.807, 2.05) is 26.8 Å². The molecule has 0 aliphatic carbocycles. The zero-order valence-electron chi connectivity index (χ0n) is 10.3. The zero-order valence-corrected chi connectivity index (χ0v) is 10.3. The smallest absolute Gasteiger partial charge is 0.231 e. The molecule has 0 spiro atoms. The molecule has 0 unspecified atom stereocenters. The molecule has 4 nitrogen and oxygen atoms in total. The SMILES string of the molecule is CC(C)(C)c1noc(Cc2cccc(O)c2)n1. The number of hydrogen-bond donors (Lipinski definition) is 1. The Morgan fingerprint density at radius 3 is 2.65 bits per heavy atom. The first kappa shape index (κ1) is 11.6. The Morgan fingerprint density at radius 1 is 1.29 bits per heavy atom. The maximum absolute atomic E-state index is 9.36. The van der Waals surface area contributed by atoms with Crippen LogP contribution in [-0.4, -0.2) is 15.2 Å². The molecule has 0 aliphatic rings. The van der Waals surface area contributed by atoms with Crippen LogP contribution in [0.3, 0.4) is 0 Å². The van der Waals surface area contributed by atoms with Gasteiger partial charge in [0, 0.05) is 5.41 Å². The lowest BCUT2D eigenvalue weighted by Gasteiger charge is -2.10. The van der Waals surface area contributed by atoms with E-state index in [4.69, 9.17) is 4.52 Å². The van der Waals surface area contributed by atoms with Gasteiger partial charge in [0.15, 0.2) is 5.82 Å².